The van der Waals surface area contributed by atoms with Crippen LogP contribution in [0.3, 0.4) is 0 Å². The first-order chi connectivity index (χ1) is 15.3. The SMILES string of the molecule is O=C(NCc1ccc(-n2cncn2)cc1)c1cc(-c2ccco2)nn1-c1ccccc1. The monoisotopic (exact) mass is 410 g/mol. The van der Waals surface area contributed by atoms with E-state index in [0.29, 0.717) is 23.7 Å². The predicted molar refractivity (Wildman–Crippen MR) is 114 cm³/mol. The summed E-state index contributed by atoms with van der Waals surface area (Å²) in [6.45, 7) is 0.381. The number of hydrogen-bond donors (Lipinski definition) is 1. The standard InChI is InChI=1S/C23H18N6O2/c30-23(25-14-17-8-10-18(11-9-17)28-16-24-15-26-28)21-13-20(22-7-4-12-31-22)27-29(21)19-5-2-1-3-6-19/h1-13,15-16H,14H2,(H,25,30). The number of aromatic nitrogens is 5. The summed E-state index contributed by atoms with van der Waals surface area (Å²) < 4.78 is 8.76. The van der Waals surface area contributed by atoms with Gasteiger partial charge in [0.2, 0.25) is 0 Å². The van der Waals surface area contributed by atoms with Crippen molar-refractivity contribution in [2.24, 2.45) is 0 Å². The molecular formula is C23H18N6O2. The number of nitrogens with zero attached hydrogens (tertiary/aromatic N) is 5. The molecule has 0 spiro atoms. The minimum Gasteiger partial charge on any atom is -0.463 e. The molecule has 0 fully saturated rings. The fourth-order valence-electron chi connectivity index (χ4n) is 3.23. The summed E-state index contributed by atoms with van der Waals surface area (Å²) in [5.41, 5.74) is 3.68. The Balaban J connectivity index is 1.37. The fourth-order valence-corrected chi connectivity index (χ4v) is 3.23. The number of carbonyl (C=O) groups excluding carboxylic acids is 1. The Kier molecular flexibility index (Phi) is 4.86. The van der Waals surface area contributed by atoms with Gasteiger partial charge in [-0.25, -0.2) is 14.3 Å². The molecule has 8 nitrogen and oxygen atoms in total. The third kappa shape index (κ3) is 3.86. The summed E-state index contributed by atoms with van der Waals surface area (Å²) in [5.74, 6) is 0.377. The van der Waals surface area contributed by atoms with Gasteiger partial charge in [0.15, 0.2) is 5.76 Å². The van der Waals surface area contributed by atoms with Crippen LogP contribution >= 0.6 is 0 Å². The molecule has 0 radical (unpaired) electrons. The highest BCUT2D eigenvalue weighted by atomic mass is 16.3. The van der Waals surface area contributed by atoms with Gasteiger partial charge in [-0.2, -0.15) is 10.2 Å². The summed E-state index contributed by atoms with van der Waals surface area (Å²) in [6.07, 6.45) is 4.71. The molecule has 0 bridgehead atoms. The van der Waals surface area contributed by atoms with E-state index in [1.807, 2.05) is 60.7 Å². The second kappa shape index (κ2) is 8.11. The molecule has 152 valence electrons. The number of carbonyl (C=O) groups is 1. The Labute approximate surface area is 177 Å². The molecule has 31 heavy (non-hydrogen) atoms. The Morgan fingerprint density at radius 1 is 0.968 bits per heavy atom. The first-order valence-corrected chi connectivity index (χ1v) is 9.69. The van der Waals surface area contributed by atoms with Crippen molar-refractivity contribution in [3.63, 3.8) is 0 Å². The third-order valence-corrected chi connectivity index (χ3v) is 4.79. The second-order valence-corrected chi connectivity index (χ2v) is 6.83. The molecule has 0 aliphatic rings. The van der Waals surface area contributed by atoms with Crippen LogP contribution in [0.4, 0.5) is 0 Å². The molecule has 0 aliphatic heterocycles. The number of hydrogen-bond acceptors (Lipinski definition) is 5. The maximum Gasteiger partial charge on any atom is 0.270 e. The van der Waals surface area contributed by atoms with Crippen molar-refractivity contribution in [2.45, 2.75) is 6.54 Å². The van der Waals surface area contributed by atoms with Crippen LogP contribution in [0.5, 0.6) is 0 Å². The molecule has 5 rings (SSSR count). The van der Waals surface area contributed by atoms with Crippen LogP contribution in [0.2, 0.25) is 0 Å². The van der Waals surface area contributed by atoms with Gasteiger partial charge in [0.1, 0.15) is 24.0 Å². The summed E-state index contributed by atoms with van der Waals surface area (Å²) in [5, 5.41) is 11.7. The van der Waals surface area contributed by atoms with Crippen LogP contribution < -0.4 is 5.32 Å². The molecule has 1 amide bonds. The Morgan fingerprint density at radius 2 is 1.81 bits per heavy atom. The molecule has 2 aromatic carbocycles. The number of rotatable bonds is 6. The van der Waals surface area contributed by atoms with Gasteiger partial charge in [0, 0.05) is 12.6 Å². The Hall–Kier alpha value is -4.46. The van der Waals surface area contributed by atoms with Gasteiger partial charge in [0.05, 0.1) is 17.6 Å². The third-order valence-electron chi connectivity index (χ3n) is 4.79. The van der Waals surface area contributed by atoms with Gasteiger partial charge in [-0.1, -0.05) is 30.3 Å². The maximum atomic E-state index is 13.0. The largest absolute Gasteiger partial charge is 0.463 e. The lowest BCUT2D eigenvalue weighted by atomic mass is 10.2. The first kappa shape index (κ1) is 18.6. The molecule has 0 atom stereocenters. The van der Waals surface area contributed by atoms with Crippen LogP contribution in [-0.2, 0) is 6.54 Å². The first-order valence-electron chi connectivity index (χ1n) is 9.69. The number of para-hydroxylation sites is 1. The lowest BCUT2D eigenvalue weighted by Gasteiger charge is -2.09. The summed E-state index contributed by atoms with van der Waals surface area (Å²) in [7, 11) is 0. The van der Waals surface area contributed by atoms with Crippen molar-refractivity contribution in [3.8, 4) is 22.8 Å². The van der Waals surface area contributed by atoms with Crippen molar-refractivity contribution in [1.82, 2.24) is 29.9 Å². The minimum atomic E-state index is -0.227. The van der Waals surface area contributed by atoms with E-state index in [4.69, 9.17) is 4.42 Å². The van der Waals surface area contributed by atoms with E-state index < -0.39 is 0 Å². The van der Waals surface area contributed by atoms with Crippen LogP contribution in [0, 0.1) is 0 Å². The molecule has 3 heterocycles. The van der Waals surface area contributed by atoms with Gasteiger partial charge >= 0.3 is 0 Å². The van der Waals surface area contributed by atoms with E-state index in [2.05, 4.69) is 20.5 Å². The van der Waals surface area contributed by atoms with Crippen molar-refractivity contribution >= 4 is 5.91 Å². The normalized spacial score (nSPS) is 10.8. The van der Waals surface area contributed by atoms with Crippen molar-refractivity contribution in [1.29, 1.82) is 0 Å². The molecule has 0 saturated heterocycles. The highest BCUT2D eigenvalue weighted by Gasteiger charge is 2.18. The lowest BCUT2D eigenvalue weighted by Crippen LogP contribution is -2.25. The number of amides is 1. The van der Waals surface area contributed by atoms with Crippen molar-refractivity contribution < 1.29 is 9.21 Å². The van der Waals surface area contributed by atoms with Gasteiger partial charge in [-0.15, -0.1) is 0 Å². The topological polar surface area (TPSA) is 90.8 Å². The van der Waals surface area contributed by atoms with E-state index in [1.165, 1.54) is 6.33 Å². The quantitative estimate of drug-likeness (QED) is 0.461. The number of nitrogens with one attached hydrogen (secondary N) is 1. The summed E-state index contributed by atoms with van der Waals surface area (Å²) in [4.78, 5) is 17.0. The molecule has 0 aliphatic carbocycles. The highest BCUT2D eigenvalue weighted by Crippen LogP contribution is 2.22. The summed E-state index contributed by atoms with van der Waals surface area (Å²) >= 11 is 0. The van der Waals surface area contributed by atoms with Crippen molar-refractivity contribution in [2.75, 3.05) is 0 Å². The zero-order valence-corrected chi connectivity index (χ0v) is 16.4. The van der Waals surface area contributed by atoms with E-state index in [9.17, 15) is 4.79 Å². The van der Waals surface area contributed by atoms with Crippen LogP contribution in [0.15, 0.2) is 96.1 Å². The molecule has 5 aromatic rings. The molecular weight excluding hydrogens is 392 g/mol. The van der Waals surface area contributed by atoms with Crippen LogP contribution in [0.1, 0.15) is 16.1 Å². The average molecular weight is 410 g/mol. The van der Waals surface area contributed by atoms with E-state index >= 15 is 0 Å². The molecule has 0 saturated carbocycles. The van der Waals surface area contributed by atoms with E-state index in [0.717, 1.165) is 16.9 Å². The summed E-state index contributed by atoms with van der Waals surface area (Å²) in [6, 6.07) is 22.6. The molecule has 0 unspecified atom stereocenters. The molecule has 3 aromatic heterocycles. The Bertz CT molecular complexity index is 1270. The van der Waals surface area contributed by atoms with Crippen LogP contribution in [0.25, 0.3) is 22.8 Å². The van der Waals surface area contributed by atoms with E-state index in [-0.39, 0.29) is 5.91 Å². The average Bonchev–Trinajstić information content (AvgIpc) is 3.59. The zero-order chi connectivity index (χ0) is 21.0. The fraction of sp³-hybridized carbons (Fsp3) is 0.0435. The van der Waals surface area contributed by atoms with E-state index in [1.54, 1.807) is 34.1 Å². The highest BCUT2D eigenvalue weighted by molar-refractivity contribution is 5.94. The van der Waals surface area contributed by atoms with Gasteiger partial charge in [0.25, 0.3) is 5.91 Å². The zero-order valence-electron chi connectivity index (χ0n) is 16.4. The maximum absolute atomic E-state index is 13.0. The van der Waals surface area contributed by atoms with Crippen LogP contribution in [-0.4, -0.2) is 30.5 Å². The number of furan rings is 1. The van der Waals surface area contributed by atoms with Gasteiger partial charge in [-0.3, -0.25) is 4.79 Å². The minimum absolute atomic E-state index is 0.227. The van der Waals surface area contributed by atoms with Gasteiger partial charge < -0.3 is 9.73 Å². The lowest BCUT2D eigenvalue weighted by molar-refractivity contribution is 0.0943. The van der Waals surface area contributed by atoms with Crippen molar-refractivity contribution in [3.05, 3.63) is 103 Å². The predicted octanol–water partition coefficient (Wildman–Crippen LogP) is 3.64. The molecule has 1 N–H and O–H groups in total. The number of benzene rings is 2. The Morgan fingerprint density at radius 3 is 2.52 bits per heavy atom. The smallest absolute Gasteiger partial charge is 0.270 e. The van der Waals surface area contributed by atoms with Gasteiger partial charge in [-0.05, 0) is 42.0 Å². The molecule has 8 heteroatoms. The second-order valence-electron chi connectivity index (χ2n) is 6.83.